The molecule has 2 rings (SSSR count). The number of rotatable bonds is 5. The third-order valence-electron chi connectivity index (χ3n) is 3.62. The van der Waals surface area contributed by atoms with Crippen molar-refractivity contribution in [3.63, 3.8) is 0 Å². The van der Waals surface area contributed by atoms with Crippen LogP contribution in [0.15, 0.2) is 48.1 Å². The molecule has 0 saturated carbocycles. The molecule has 0 aromatic heterocycles. The fraction of sp³-hybridized carbons (Fsp3) is 0.278. The Balaban J connectivity index is 2.36. The topological polar surface area (TPSA) is 47.6 Å². The summed E-state index contributed by atoms with van der Waals surface area (Å²) < 4.78 is 0. The minimum atomic E-state index is 0.0632. The second kappa shape index (κ2) is 7.53. The van der Waals surface area contributed by atoms with Gasteiger partial charge < -0.3 is 0 Å². The normalized spacial score (nSPS) is 17.0. The molecule has 0 amide bonds. The van der Waals surface area contributed by atoms with Gasteiger partial charge in [0.25, 0.3) is 0 Å². The minimum absolute atomic E-state index is 0.0632. The zero-order valence-electron chi connectivity index (χ0n) is 11.7. The predicted molar refractivity (Wildman–Crippen MR) is 87.8 cm³/mol. The first-order valence-electron chi connectivity index (χ1n) is 7.00. The summed E-state index contributed by atoms with van der Waals surface area (Å²) in [5.74, 6) is 0.0632. The molecule has 21 heavy (non-hydrogen) atoms. The van der Waals surface area contributed by atoms with Crippen LogP contribution in [0.25, 0.3) is 0 Å². The lowest BCUT2D eigenvalue weighted by Gasteiger charge is -2.25. The maximum Gasteiger partial charge on any atom is 0.0625 e. The van der Waals surface area contributed by atoms with Crippen molar-refractivity contribution in [2.45, 2.75) is 31.6 Å². The molecule has 104 valence electrons. The van der Waals surface area contributed by atoms with Gasteiger partial charge in [-0.3, -0.25) is 0 Å². The van der Waals surface area contributed by atoms with Crippen LogP contribution in [0.4, 0.5) is 0 Å². The highest BCUT2D eigenvalue weighted by atomic mass is 32.1. The third-order valence-corrected chi connectivity index (χ3v) is 4.00. The first-order chi connectivity index (χ1) is 10.3. The molecular weight excluding hydrogens is 276 g/mol. The molecule has 0 aliphatic heterocycles. The summed E-state index contributed by atoms with van der Waals surface area (Å²) in [6.07, 6.45) is 8.46. The summed E-state index contributed by atoms with van der Waals surface area (Å²) >= 11 is 5.53. The van der Waals surface area contributed by atoms with Crippen molar-refractivity contribution in [3.8, 4) is 12.1 Å². The van der Waals surface area contributed by atoms with Gasteiger partial charge in [0, 0.05) is 23.6 Å². The van der Waals surface area contributed by atoms with Gasteiger partial charge in [0.05, 0.1) is 12.1 Å². The van der Waals surface area contributed by atoms with Crippen LogP contribution in [0.2, 0.25) is 0 Å². The van der Waals surface area contributed by atoms with E-state index in [9.17, 15) is 0 Å². The van der Waals surface area contributed by atoms with E-state index in [0.717, 1.165) is 17.7 Å². The smallest absolute Gasteiger partial charge is 0.0625 e. The van der Waals surface area contributed by atoms with Crippen LogP contribution in [0.3, 0.4) is 0 Å². The standard InChI is InChI=1S/C18H16N2S/c19-12-4-8-14-6-1-2-10-16(14)18-15(9-5-13-20)7-3-11-17(18)21/h1-3,6-7,10-11,18H,4-5,8-9H2. The Morgan fingerprint density at radius 1 is 1.05 bits per heavy atom. The molecule has 3 heteroatoms. The predicted octanol–water partition coefficient (Wildman–Crippen LogP) is 4.40. The highest BCUT2D eigenvalue weighted by Gasteiger charge is 2.23. The molecule has 1 aliphatic rings. The number of allylic oxidation sites excluding steroid dienone is 4. The molecule has 1 unspecified atom stereocenters. The van der Waals surface area contributed by atoms with Crippen LogP contribution in [0.1, 0.15) is 36.3 Å². The molecule has 0 radical (unpaired) electrons. The molecule has 0 fully saturated rings. The van der Waals surface area contributed by atoms with Gasteiger partial charge in [0.2, 0.25) is 0 Å². The maximum atomic E-state index is 8.83. The average molecular weight is 292 g/mol. The maximum absolute atomic E-state index is 8.83. The van der Waals surface area contributed by atoms with E-state index in [0.29, 0.717) is 12.8 Å². The number of benzene rings is 1. The van der Waals surface area contributed by atoms with Gasteiger partial charge in [-0.15, -0.1) is 0 Å². The van der Waals surface area contributed by atoms with Gasteiger partial charge in [-0.2, -0.15) is 10.5 Å². The molecule has 1 aromatic rings. The zero-order valence-corrected chi connectivity index (χ0v) is 12.6. The molecule has 1 aliphatic carbocycles. The largest absolute Gasteiger partial charge is 0.198 e. The molecule has 1 atom stereocenters. The summed E-state index contributed by atoms with van der Waals surface area (Å²) in [7, 11) is 0. The van der Waals surface area contributed by atoms with Crippen molar-refractivity contribution in [1.82, 2.24) is 0 Å². The Morgan fingerprint density at radius 3 is 2.52 bits per heavy atom. The van der Waals surface area contributed by atoms with E-state index in [2.05, 4.69) is 30.3 Å². The van der Waals surface area contributed by atoms with E-state index < -0.39 is 0 Å². The quantitative estimate of drug-likeness (QED) is 0.756. The van der Waals surface area contributed by atoms with Gasteiger partial charge in [-0.1, -0.05) is 54.2 Å². The van der Waals surface area contributed by atoms with Crippen LogP contribution in [0.5, 0.6) is 0 Å². The highest BCUT2D eigenvalue weighted by molar-refractivity contribution is 7.80. The first-order valence-corrected chi connectivity index (χ1v) is 7.41. The van der Waals surface area contributed by atoms with Crippen molar-refractivity contribution in [2.75, 3.05) is 0 Å². The summed E-state index contributed by atoms with van der Waals surface area (Å²) in [6.45, 7) is 0. The molecule has 0 saturated heterocycles. The van der Waals surface area contributed by atoms with E-state index in [4.69, 9.17) is 22.7 Å². The van der Waals surface area contributed by atoms with Crippen molar-refractivity contribution in [3.05, 3.63) is 59.2 Å². The second-order valence-electron chi connectivity index (χ2n) is 4.95. The van der Waals surface area contributed by atoms with Gasteiger partial charge in [-0.25, -0.2) is 0 Å². The monoisotopic (exact) mass is 292 g/mol. The Morgan fingerprint density at radius 2 is 1.76 bits per heavy atom. The molecule has 1 aromatic carbocycles. The molecule has 0 spiro atoms. The number of nitriles is 2. The number of hydrogen-bond donors (Lipinski definition) is 0. The van der Waals surface area contributed by atoms with Crippen molar-refractivity contribution in [2.24, 2.45) is 0 Å². The summed E-state index contributed by atoms with van der Waals surface area (Å²) in [5.41, 5.74) is 3.53. The SMILES string of the molecule is N#CCCC1=CC=CC(=S)C1c1ccccc1CCC#N. The van der Waals surface area contributed by atoms with Crippen LogP contribution in [0, 0.1) is 22.7 Å². The number of hydrogen-bond acceptors (Lipinski definition) is 3. The van der Waals surface area contributed by atoms with Crippen LogP contribution in [-0.2, 0) is 6.42 Å². The number of nitrogens with zero attached hydrogens (tertiary/aromatic N) is 2. The minimum Gasteiger partial charge on any atom is -0.198 e. The van der Waals surface area contributed by atoms with E-state index in [1.165, 1.54) is 16.7 Å². The van der Waals surface area contributed by atoms with Crippen LogP contribution in [-0.4, -0.2) is 4.86 Å². The number of thiocarbonyl (C=S) groups is 1. The van der Waals surface area contributed by atoms with Crippen molar-refractivity contribution < 1.29 is 0 Å². The van der Waals surface area contributed by atoms with Crippen molar-refractivity contribution in [1.29, 1.82) is 10.5 Å². The van der Waals surface area contributed by atoms with Gasteiger partial charge in [0.1, 0.15) is 0 Å². The lowest BCUT2D eigenvalue weighted by molar-refractivity contribution is 0.875. The fourth-order valence-electron chi connectivity index (χ4n) is 2.66. The third kappa shape index (κ3) is 3.66. The van der Waals surface area contributed by atoms with E-state index in [-0.39, 0.29) is 5.92 Å². The van der Waals surface area contributed by atoms with Gasteiger partial charge in [0.15, 0.2) is 0 Å². The Hall–Kier alpha value is -2.23. The zero-order chi connectivity index (χ0) is 15.1. The lowest BCUT2D eigenvalue weighted by atomic mass is 9.80. The van der Waals surface area contributed by atoms with Gasteiger partial charge >= 0.3 is 0 Å². The lowest BCUT2D eigenvalue weighted by Crippen LogP contribution is -2.16. The summed E-state index contributed by atoms with van der Waals surface area (Å²) in [6, 6.07) is 12.6. The van der Waals surface area contributed by atoms with Gasteiger partial charge in [-0.05, 0) is 30.0 Å². The van der Waals surface area contributed by atoms with Crippen molar-refractivity contribution >= 4 is 17.1 Å². The molecular formula is C18H16N2S. The summed E-state index contributed by atoms with van der Waals surface area (Å²) in [4.78, 5) is 0.884. The Labute approximate surface area is 131 Å². The van der Waals surface area contributed by atoms with Crippen LogP contribution < -0.4 is 0 Å². The molecule has 0 heterocycles. The molecule has 2 nitrogen and oxygen atoms in total. The van der Waals surface area contributed by atoms with E-state index >= 15 is 0 Å². The first kappa shape index (κ1) is 15.2. The van der Waals surface area contributed by atoms with E-state index in [1.807, 2.05) is 24.3 Å². The Kier molecular flexibility index (Phi) is 5.43. The second-order valence-corrected chi connectivity index (χ2v) is 5.42. The van der Waals surface area contributed by atoms with E-state index in [1.54, 1.807) is 0 Å². The Bertz CT molecular complexity index is 671. The average Bonchev–Trinajstić information content (AvgIpc) is 2.51. The fourth-order valence-corrected chi connectivity index (χ4v) is 3.01. The number of aryl methyl sites for hydroxylation is 1. The molecule has 0 bridgehead atoms. The summed E-state index contributed by atoms with van der Waals surface area (Å²) in [5, 5.41) is 17.6. The molecule has 0 N–H and O–H groups in total. The highest BCUT2D eigenvalue weighted by Crippen LogP contribution is 2.34. The van der Waals surface area contributed by atoms with Crippen LogP contribution >= 0.6 is 12.2 Å².